The third-order valence-electron chi connectivity index (χ3n) is 5.28. The Balaban J connectivity index is 1.74. The van der Waals surface area contributed by atoms with Crippen LogP contribution in [0, 0.1) is 11.3 Å². The summed E-state index contributed by atoms with van der Waals surface area (Å²) >= 11 is 6.25. The number of nitriles is 1. The number of fused-ring (bicyclic) bond motifs is 1. The average Bonchev–Trinajstić information content (AvgIpc) is 3.11. The normalized spacial score (nSPS) is 16.2. The van der Waals surface area contributed by atoms with Crippen LogP contribution in [0.2, 0.25) is 5.02 Å². The van der Waals surface area contributed by atoms with Crippen molar-refractivity contribution in [2.24, 2.45) is 7.05 Å². The fourth-order valence-corrected chi connectivity index (χ4v) is 5.25. The minimum absolute atomic E-state index is 0.0328. The molecule has 0 unspecified atom stereocenters. The maximum Gasteiger partial charge on any atom is 0.243 e. The minimum Gasteiger partial charge on any atom is -0.379 e. The summed E-state index contributed by atoms with van der Waals surface area (Å²) in [5, 5.41) is 9.85. The number of ether oxygens (including phenoxy) is 1. The van der Waals surface area contributed by atoms with Crippen molar-refractivity contribution in [3.63, 3.8) is 0 Å². The molecule has 1 aliphatic rings. The molecule has 0 radical (unpaired) electrons. The van der Waals surface area contributed by atoms with Crippen LogP contribution in [0.1, 0.15) is 22.1 Å². The fourth-order valence-electron chi connectivity index (χ4n) is 3.60. The highest BCUT2D eigenvalue weighted by atomic mass is 35.5. The second-order valence-corrected chi connectivity index (χ2v) is 9.45. The van der Waals surface area contributed by atoms with Gasteiger partial charge < -0.3 is 9.30 Å². The summed E-state index contributed by atoms with van der Waals surface area (Å²) in [6.45, 7) is 1.08. The monoisotopic (exact) mass is 458 g/mol. The molecule has 31 heavy (non-hydrogen) atoms. The number of Topliss-reactive ketones (excluding diaryl/α,β-unsaturated/α-hetero) is 1. The number of hydrogen-bond donors (Lipinski definition) is 0. The number of rotatable bonds is 5. The lowest BCUT2D eigenvalue weighted by Crippen LogP contribution is -2.40. The van der Waals surface area contributed by atoms with E-state index >= 15 is 0 Å². The number of carbonyl (C=O) groups excluding carboxylic acids is 1. The number of sulfonamides is 1. The predicted octanol–water partition coefficient (Wildman–Crippen LogP) is 2.74. The van der Waals surface area contributed by atoms with Crippen LogP contribution in [0.5, 0.6) is 0 Å². The van der Waals surface area contributed by atoms with E-state index in [0.29, 0.717) is 18.7 Å². The molecule has 1 saturated heterocycles. The van der Waals surface area contributed by atoms with Gasteiger partial charge in [0.2, 0.25) is 10.0 Å². The quantitative estimate of drug-likeness (QED) is 0.544. The van der Waals surface area contributed by atoms with Crippen LogP contribution in [0.4, 0.5) is 0 Å². The van der Waals surface area contributed by atoms with Gasteiger partial charge in [-0.25, -0.2) is 13.4 Å². The van der Waals surface area contributed by atoms with Gasteiger partial charge in [-0.05, 0) is 30.3 Å². The summed E-state index contributed by atoms with van der Waals surface area (Å²) in [4.78, 5) is 17.7. The molecule has 160 valence electrons. The van der Waals surface area contributed by atoms with Gasteiger partial charge in [0.15, 0.2) is 11.7 Å². The summed E-state index contributed by atoms with van der Waals surface area (Å²) in [6, 6.07) is 13.3. The third kappa shape index (κ3) is 3.83. The van der Waals surface area contributed by atoms with Crippen LogP contribution in [-0.2, 0) is 21.8 Å². The standard InChI is InChI=1S/C21H19ClN4O4S/c1-25-19-5-3-2-4-18(19)24-21(25)16(13-23)20(27)15-12-14(6-7-17(15)22)31(28,29)26-8-10-30-11-9-26/h2-7,12,16H,8-11H2,1H3/t16-/m0/s1. The summed E-state index contributed by atoms with van der Waals surface area (Å²) < 4.78 is 34.2. The van der Waals surface area contributed by atoms with Gasteiger partial charge in [0.1, 0.15) is 5.82 Å². The highest BCUT2D eigenvalue weighted by Gasteiger charge is 2.31. The van der Waals surface area contributed by atoms with Gasteiger partial charge in [-0.15, -0.1) is 0 Å². The maximum absolute atomic E-state index is 13.3. The number of halogens is 1. The van der Waals surface area contributed by atoms with Gasteiger partial charge in [-0.1, -0.05) is 23.7 Å². The number of para-hydroxylation sites is 2. The number of carbonyl (C=O) groups is 1. The Morgan fingerprint density at radius 2 is 1.94 bits per heavy atom. The second kappa shape index (κ2) is 8.40. The summed E-state index contributed by atoms with van der Waals surface area (Å²) in [5.41, 5.74) is 1.40. The molecular weight excluding hydrogens is 440 g/mol. The van der Waals surface area contributed by atoms with E-state index in [-0.39, 0.29) is 34.4 Å². The van der Waals surface area contributed by atoms with Crippen LogP contribution in [0.15, 0.2) is 47.4 Å². The molecule has 0 aliphatic carbocycles. The maximum atomic E-state index is 13.3. The van der Waals surface area contributed by atoms with Crippen molar-refractivity contribution in [1.82, 2.24) is 13.9 Å². The van der Waals surface area contributed by atoms with Crippen molar-refractivity contribution in [3.8, 4) is 6.07 Å². The minimum atomic E-state index is -3.82. The zero-order chi connectivity index (χ0) is 22.2. The van der Waals surface area contributed by atoms with E-state index in [1.54, 1.807) is 17.7 Å². The van der Waals surface area contributed by atoms with Crippen molar-refractivity contribution in [2.75, 3.05) is 26.3 Å². The molecule has 0 N–H and O–H groups in total. The molecule has 1 atom stereocenters. The molecule has 0 bridgehead atoms. The molecule has 3 aromatic rings. The van der Waals surface area contributed by atoms with Crippen molar-refractivity contribution in [2.45, 2.75) is 10.8 Å². The molecular formula is C21H19ClN4O4S. The first kappa shape index (κ1) is 21.5. The van der Waals surface area contributed by atoms with E-state index in [9.17, 15) is 18.5 Å². The Morgan fingerprint density at radius 1 is 1.23 bits per heavy atom. The molecule has 0 spiro atoms. The van der Waals surface area contributed by atoms with E-state index in [4.69, 9.17) is 16.3 Å². The molecule has 1 fully saturated rings. The number of imidazole rings is 1. The topological polar surface area (TPSA) is 105 Å². The Morgan fingerprint density at radius 3 is 2.61 bits per heavy atom. The number of aromatic nitrogens is 2. The molecule has 1 aliphatic heterocycles. The van der Waals surface area contributed by atoms with Crippen molar-refractivity contribution in [3.05, 3.63) is 58.9 Å². The number of hydrogen-bond acceptors (Lipinski definition) is 6. The van der Waals surface area contributed by atoms with Crippen LogP contribution in [0.3, 0.4) is 0 Å². The van der Waals surface area contributed by atoms with E-state index in [1.807, 2.05) is 24.3 Å². The van der Waals surface area contributed by atoms with Gasteiger partial charge in [-0.3, -0.25) is 4.79 Å². The fraction of sp³-hybridized carbons (Fsp3) is 0.286. The first-order chi connectivity index (χ1) is 14.8. The lowest BCUT2D eigenvalue weighted by molar-refractivity contribution is 0.0730. The molecule has 0 saturated carbocycles. The highest BCUT2D eigenvalue weighted by molar-refractivity contribution is 7.89. The van der Waals surface area contributed by atoms with E-state index in [1.165, 1.54) is 22.5 Å². The predicted molar refractivity (Wildman–Crippen MR) is 114 cm³/mol. The van der Waals surface area contributed by atoms with Crippen molar-refractivity contribution < 1.29 is 17.9 Å². The second-order valence-electron chi connectivity index (χ2n) is 7.10. The van der Waals surface area contributed by atoms with Gasteiger partial charge in [0, 0.05) is 25.7 Å². The lowest BCUT2D eigenvalue weighted by atomic mass is 9.98. The van der Waals surface area contributed by atoms with Crippen molar-refractivity contribution in [1.29, 1.82) is 5.26 Å². The Hall–Kier alpha value is -2.77. The van der Waals surface area contributed by atoms with Crippen LogP contribution in [-0.4, -0.2) is 54.4 Å². The SMILES string of the molecule is Cn1c([C@@H](C#N)C(=O)c2cc(S(=O)(=O)N3CCOCC3)ccc2Cl)nc2ccccc21. The zero-order valence-corrected chi connectivity index (χ0v) is 18.2. The van der Waals surface area contributed by atoms with Crippen LogP contribution in [0.25, 0.3) is 11.0 Å². The van der Waals surface area contributed by atoms with E-state index in [0.717, 1.165) is 5.52 Å². The Bertz CT molecular complexity index is 1310. The lowest BCUT2D eigenvalue weighted by Gasteiger charge is -2.26. The summed E-state index contributed by atoms with van der Waals surface area (Å²) in [7, 11) is -2.10. The number of aryl methyl sites for hydroxylation is 1. The van der Waals surface area contributed by atoms with Gasteiger partial charge in [0.05, 0.1) is 40.2 Å². The van der Waals surface area contributed by atoms with Gasteiger partial charge >= 0.3 is 0 Å². The Kier molecular flexibility index (Phi) is 5.81. The van der Waals surface area contributed by atoms with Gasteiger partial charge in [0.25, 0.3) is 0 Å². The third-order valence-corrected chi connectivity index (χ3v) is 7.51. The van der Waals surface area contributed by atoms with Crippen LogP contribution < -0.4 is 0 Å². The molecule has 10 heteroatoms. The summed E-state index contributed by atoms with van der Waals surface area (Å²) in [5.74, 6) is -1.58. The average molecular weight is 459 g/mol. The zero-order valence-electron chi connectivity index (χ0n) is 16.7. The largest absolute Gasteiger partial charge is 0.379 e. The van der Waals surface area contributed by atoms with Gasteiger partial charge in [-0.2, -0.15) is 9.57 Å². The highest BCUT2D eigenvalue weighted by Crippen LogP contribution is 2.29. The molecule has 4 rings (SSSR count). The Labute approximate surface area is 184 Å². The molecule has 0 amide bonds. The van der Waals surface area contributed by atoms with Crippen molar-refractivity contribution >= 4 is 38.4 Å². The molecule has 1 aromatic heterocycles. The molecule has 8 nitrogen and oxygen atoms in total. The first-order valence-corrected chi connectivity index (χ1v) is 11.4. The number of ketones is 1. The number of benzene rings is 2. The molecule has 2 heterocycles. The molecule has 2 aromatic carbocycles. The van der Waals surface area contributed by atoms with E-state index < -0.39 is 21.7 Å². The number of morpholine rings is 1. The summed E-state index contributed by atoms with van der Waals surface area (Å²) in [6.07, 6.45) is 0. The van der Waals surface area contributed by atoms with Crippen LogP contribution >= 0.6 is 11.6 Å². The smallest absolute Gasteiger partial charge is 0.243 e. The van der Waals surface area contributed by atoms with E-state index in [2.05, 4.69) is 4.98 Å². The number of nitrogens with zero attached hydrogens (tertiary/aromatic N) is 4. The first-order valence-electron chi connectivity index (χ1n) is 9.57.